The third-order valence-electron chi connectivity index (χ3n) is 5.18. The summed E-state index contributed by atoms with van der Waals surface area (Å²) >= 11 is 0. The zero-order valence-corrected chi connectivity index (χ0v) is 14.1. The molecule has 1 unspecified atom stereocenters. The third kappa shape index (κ3) is 5.01. The quantitative estimate of drug-likeness (QED) is 0.752. The molecule has 0 aliphatic heterocycles. The van der Waals surface area contributed by atoms with Gasteiger partial charge in [0.25, 0.3) is 0 Å². The number of hydrogen-bond donors (Lipinski definition) is 1. The van der Waals surface area contributed by atoms with Gasteiger partial charge in [0, 0.05) is 18.3 Å². The second-order valence-electron chi connectivity index (χ2n) is 7.75. The van der Waals surface area contributed by atoms with Crippen LogP contribution in [0.4, 0.5) is 0 Å². The molecule has 0 heterocycles. The number of hydrogen-bond acceptors (Lipinski definition) is 3. The lowest BCUT2D eigenvalue weighted by atomic mass is 9.60. The molecule has 1 fully saturated rings. The van der Waals surface area contributed by atoms with Crippen molar-refractivity contribution in [3.63, 3.8) is 0 Å². The fourth-order valence-corrected chi connectivity index (χ4v) is 3.04. The van der Waals surface area contributed by atoms with Gasteiger partial charge in [-0.15, -0.1) is 0 Å². The zero-order valence-electron chi connectivity index (χ0n) is 14.1. The Bertz CT molecular complexity index is 386. The van der Waals surface area contributed by atoms with Gasteiger partial charge in [0.2, 0.25) is 0 Å². The smallest absolute Gasteiger partial charge is 0.306 e. The summed E-state index contributed by atoms with van der Waals surface area (Å²) in [5.74, 6) is -0.676. The highest BCUT2D eigenvalue weighted by molar-refractivity contribution is 5.71. The fourth-order valence-electron chi connectivity index (χ4n) is 3.04. The van der Waals surface area contributed by atoms with Crippen LogP contribution in [-0.2, 0) is 14.3 Å². The van der Waals surface area contributed by atoms with Crippen molar-refractivity contribution in [2.45, 2.75) is 79.2 Å². The average molecular weight is 298 g/mol. The van der Waals surface area contributed by atoms with Gasteiger partial charge in [-0.1, -0.05) is 34.6 Å². The van der Waals surface area contributed by atoms with Crippen molar-refractivity contribution in [2.24, 2.45) is 16.7 Å². The molecule has 1 saturated carbocycles. The maximum atomic E-state index is 12.0. The molecule has 0 spiro atoms. The first-order valence-corrected chi connectivity index (χ1v) is 7.98. The van der Waals surface area contributed by atoms with E-state index in [-0.39, 0.29) is 35.7 Å². The molecule has 21 heavy (non-hydrogen) atoms. The Hall–Kier alpha value is -1.06. The maximum absolute atomic E-state index is 12.0. The molecule has 0 aromatic heterocycles. The van der Waals surface area contributed by atoms with E-state index in [1.807, 2.05) is 0 Å². The van der Waals surface area contributed by atoms with E-state index in [9.17, 15) is 9.59 Å². The summed E-state index contributed by atoms with van der Waals surface area (Å²) in [6.07, 6.45) is 3.58. The first-order valence-electron chi connectivity index (χ1n) is 7.98. The molecular formula is C17H30O4. The lowest BCUT2D eigenvalue weighted by Crippen LogP contribution is -2.47. The SMILES string of the molecule is CC(C)[C@]1(C)CCC(C)(C)CC1OC(=O)CCCC(=O)O. The van der Waals surface area contributed by atoms with E-state index in [2.05, 4.69) is 34.6 Å². The molecule has 0 bridgehead atoms. The molecule has 4 nitrogen and oxygen atoms in total. The predicted octanol–water partition coefficient (Wildman–Crippen LogP) is 4.03. The van der Waals surface area contributed by atoms with Crippen molar-refractivity contribution in [3.05, 3.63) is 0 Å². The van der Waals surface area contributed by atoms with Gasteiger partial charge in [0.15, 0.2) is 0 Å². The second-order valence-corrected chi connectivity index (χ2v) is 7.75. The Morgan fingerprint density at radius 3 is 2.33 bits per heavy atom. The van der Waals surface area contributed by atoms with Gasteiger partial charge in [-0.3, -0.25) is 9.59 Å². The fraction of sp³-hybridized carbons (Fsp3) is 0.882. The van der Waals surface area contributed by atoms with Gasteiger partial charge in [0.1, 0.15) is 6.10 Å². The Labute approximate surface area is 128 Å². The van der Waals surface area contributed by atoms with Crippen LogP contribution >= 0.6 is 0 Å². The van der Waals surface area contributed by atoms with Gasteiger partial charge in [-0.25, -0.2) is 0 Å². The normalized spacial score (nSPS) is 28.4. The summed E-state index contributed by atoms with van der Waals surface area (Å²) in [4.78, 5) is 22.5. The molecule has 1 aliphatic rings. The molecule has 0 aromatic rings. The first kappa shape index (κ1) is 18.0. The van der Waals surface area contributed by atoms with Crippen molar-refractivity contribution in [3.8, 4) is 0 Å². The highest BCUT2D eigenvalue weighted by Gasteiger charge is 2.46. The lowest BCUT2D eigenvalue weighted by Gasteiger charge is -2.49. The van der Waals surface area contributed by atoms with Crippen LogP contribution in [0, 0.1) is 16.7 Å². The average Bonchev–Trinajstić information content (AvgIpc) is 2.33. The van der Waals surface area contributed by atoms with Crippen molar-refractivity contribution >= 4 is 11.9 Å². The Morgan fingerprint density at radius 1 is 1.19 bits per heavy atom. The summed E-state index contributed by atoms with van der Waals surface area (Å²) < 4.78 is 5.75. The number of carbonyl (C=O) groups is 2. The summed E-state index contributed by atoms with van der Waals surface area (Å²) in [7, 11) is 0. The van der Waals surface area contributed by atoms with Crippen molar-refractivity contribution in [1.82, 2.24) is 0 Å². The van der Waals surface area contributed by atoms with Gasteiger partial charge >= 0.3 is 11.9 Å². The summed E-state index contributed by atoms with van der Waals surface area (Å²) in [5.41, 5.74) is 0.207. The van der Waals surface area contributed by atoms with Crippen LogP contribution in [0.15, 0.2) is 0 Å². The maximum Gasteiger partial charge on any atom is 0.306 e. The Kier molecular flexibility index (Phi) is 5.83. The van der Waals surface area contributed by atoms with Crippen LogP contribution in [0.1, 0.15) is 73.1 Å². The topological polar surface area (TPSA) is 63.6 Å². The summed E-state index contributed by atoms with van der Waals surface area (Å²) in [6.45, 7) is 11.0. The number of carboxylic acids is 1. The van der Waals surface area contributed by atoms with E-state index in [1.165, 1.54) is 0 Å². The first-order chi connectivity index (χ1) is 9.57. The minimum atomic E-state index is -0.867. The van der Waals surface area contributed by atoms with E-state index < -0.39 is 5.97 Å². The number of carbonyl (C=O) groups excluding carboxylic acids is 1. The van der Waals surface area contributed by atoms with E-state index in [4.69, 9.17) is 9.84 Å². The van der Waals surface area contributed by atoms with Crippen LogP contribution in [0.25, 0.3) is 0 Å². The molecular weight excluding hydrogens is 268 g/mol. The Morgan fingerprint density at radius 2 is 1.81 bits per heavy atom. The monoisotopic (exact) mass is 298 g/mol. The lowest BCUT2D eigenvalue weighted by molar-refractivity contribution is -0.167. The molecule has 1 rings (SSSR count). The van der Waals surface area contributed by atoms with Crippen molar-refractivity contribution < 1.29 is 19.4 Å². The molecule has 2 atom stereocenters. The molecule has 122 valence electrons. The minimum Gasteiger partial charge on any atom is -0.481 e. The van der Waals surface area contributed by atoms with E-state index >= 15 is 0 Å². The standard InChI is InChI=1S/C17H30O4/c1-12(2)17(5)10-9-16(3,4)11-13(17)21-15(20)8-6-7-14(18)19/h12-13H,6-11H2,1-5H3,(H,18,19)/t13?,17-/m0/s1. The molecule has 0 amide bonds. The van der Waals surface area contributed by atoms with Crippen LogP contribution < -0.4 is 0 Å². The van der Waals surface area contributed by atoms with Crippen LogP contribution in [0.3, 0.4) is 0 Å². The van der Waals surface area contributed by atoms with Gasteiger partial charge in [-0.05, 0) is 37.0 Å². The second kappa shape index (κ2) is 6.80. The number of ether oxygens (including phenoxy) is 1. The van der Waals surface area contributed by atoms with Crippen LogP contribution in [-0.4, -0.2) is 23.1 Å². The molecule has 0 saturated heterocycles. The van der Waals surface area contributed by atoms with Crippen LogP contribution in [0.5, 0.6) is 0 Å². The van der Waals surface area contributed by atoms with E-state index in [0.29, 0.717) is 12.3 Å². The van der Waals surface area contributed by atoms with Crippen LogP contribution in [0.2, 0.25) is 0 Å². The van der Waals surface area contributed by atoms with Gasteiger partial charge in [-0.2, -0.15) is 0 Å². The largest absolute Gasteiger partial charge is 0.481 e. The van der Waals surface area contributed by atoms with Gasteiger partial charge < -0.3 is 9.84 Å². The highest BCUT2D eigenvalue weighted by atomic mass is 16.5. The number of esters is 1. The van der Waals surface area contributed by atoms with Crippen molar-refractivity contribution in [2.75, 3.05) is 0 Å². The molecule has 1 aliphatic carbocycles. The minimum absolute atomic E-state index is 0.0119. The van der Waals surface area contributed by atoms with Gasteiger partial charge in [0.05, 0.1) is 0 Å². The van der Waals surface area contributed by atoms with E-state index in [1.54, 1.807) is 0 Å². The molecule has 0 aromatic carbocycles. The predicted molar refractivity (Wildman–Crippen MR) is 81.9 cm³/mol. The molecule has 0 radical (unpaired) electrons. The Balaban J connectivity index is 2.66. The third-order valence-corrected chi connectivity index (χ3v) is 5.18. The zero-order chi connectivity index (χ0) is 16.3. The number of aliphatic carboxylic acids is 1. The molecule has 4 heteroatoms. The number of rotatable bonds is 6. The highest BCUT2D eigenvalue weighted by Crippen LogP contribution is 2.50. The van der Waals surface area contributed by atoms with Crippen molar-refractivity contribution in [1.29, 1.82) is 0 Å². The summed E-state index contributed by atoms with van der Waals surface area (Å²) in [5, 5.41) is 8.62. The van der Waals surface area contributed by atoms with E-state index in [0.717, 1.165) is 19.3 Å². The molecule has 1 N–H and O–H groups in total. The summed E-state index contributed by atoms with van der Waals surface area (Å²) in [6, 6.07) is 0. The number of carboxylic acid groups (broad SMARTS) is 1.